The predicted molar refractivity (Wildman–Crippen MR) is 77.3 cm³/mol. The minimum Gasteiger partial charge on any atom is -0.483 e. The van der Waals surface area contributed by atoms with Gasteiger partial charge in [0.05, 0.1) is 6.10 Å². The van der Waals surface area contributed by atoms with Crippen LogP contribution in [-0.4, -0.2) is 40.8 Å². The van der Waals surface area contributed by atoms with Gasteiger partial charge in [0.25, 0.3) is 5.91 Å². The quantitative estimate of drug-likeness (QED) is 0.701. The Bertz CT molecular complexity index is 499. The molecule has 3 N–H and O–H groups in total. The van der Waals surface area contributed by atoms with Crippen LogP contribution in [0, 0.1) is 0 Å². The molecule has 1 amide bonds. The van der Waals surface area contributed by atoms with Crippen LogP contribution in [0.25, 0.3) is 0 Å². The lowest BCUT2D eigenvalue weighted by Gasteiger charge is -2.18. The second-order valence-electron chi connectivity index (χ2n) is 5.11. The number of rotatable bonds is 7. The highest BCUT2D eigenvalue weighted by molar-refractivity contribution is 5.84. The van der Waals surface area contributed by atoms with E-state index in [0.717, 1.165) is 5.56 Å². The molecule has 0 spiro atoms. The number of nitrogens with one attached hydrogen (secondary N) is 1. The zero-order chi connectivity index (χ0) is 16.0. The number of hydrogen-bond donors (Lipinski definition) is 3. The van der Waals surface area contributed by atoms with E-state index in [1.54, 1.807) is 12.1 Å². The molecule has 1 rings (SSSR count). The van der Waals surface area contributed by atoms with Gasteiger partial charge in [0.1, 0.15) is 5.75 Å². The van der Waals surface area contributed by atoms with E-state index in [9.17, 15) is 14.7 Å². The fourth-order valence-corrected chi connectivity index (χ4v) is 1.84. The summed E-state index contributed by atoms with van der Waals surface area (Å²) in [6.07, 6.45) is -1.19. The number of aliphatic carboxylic acids is 1. The number of aliphatic hydroxyl groups is 1. The summed E-state index contributed by atoms with van der Waals surface area (Å²) in [6.45, 7) is 5.01. The summed E-state index contributed by atoms with van der Waals surface area (Å²) in [5.74, 6) is -1.05. The fraction of sp³-hybridized carbons (Fsp3) is 0.467. The summed E-state index contributed by atoms with van der Waals surface area (Å²) in [4.78, 5) is 22.6. The second-order valence-corrected chi connectivity index (χ2v) is 5.11. The van der Waals surface area contributed by atoms with Crippen molar-refractivity contribution < 1.29 is 24.5 Å². The number of carboxylic acids is 1. The van der Waals surface area contributed by atoms with Gasteiger partial charge in [-0.2, -0.15) is 0 Å². The van der Waals surface area contributed by atoms with Crippen molar-refractivity contribution in [3.05, 3.63) is 29.8 Å². The summed E-state index contributed by atoms with van der Waals surface area (Å²) in [5.41, 5.74) is 0.968. The van der Waals surface area contributed by atoms with E-state index < -0.39 is 24.0 Å². The number of carbonyl (C=O) groups excluding carboxylic acids is 1. The van der Waals surface area contributed by atoms with Gasteiger partial charge in [-0.15, -0.1) is 0 Å². The molecule has 1 aromatic rings. The Balaban J connectivity index is 2.63. The first-order chi connectivity index (χ1) is 9.82. The third kappa shape index (κ3) is 5.07. The third-order valence-electron chi connectivity index (χ3n) is 2.96. The van der Waals surface area contributed by atoms with E-state index in [2.05, 4.69) is 5.32 Å². The van der Waals surface area contributed by atoms with Crippen molar-refractivity contribution in [2.75, 3.05) is 6.61 Å². The lowest BCUT2D eigenvalue weighted by atomic mass is 10.0. The van der Waals surface area contributed by atoms with Crippen molar-refractivity contribution >= 4 is 11.9 Å². The van der Waals surface area contributed by atoms with Gasteiger partial charge in [-0.25, -0.2) is 4.79 Å². The zero-order valence-corrected chi connectivity index (χ0v) is 12.4. The van der Waals surface area contributed by atoms with Gasteiger partial charge in [-0.3, -0.25) is 4.79 Å². The van der Waals surface area contributed by atoms with Crippen LogP contribution in [0.1, 0.15) is 32.3 Å². The van der Waals surface area contributed by atoms with Crippen LogP contribution in [0.3, 0.4) is 0 Å². The molecule has 6 nitrogen and oxygen atoms in total. The molecule has 0 heterocycles. The molecule has 21 heavy (non-hydrogen) atoms. The summed E-state index contributed by atoms with van der Waals surface area (Å²) in [5, 5.41) is 20.4. The SMILES string of the molecule is CC(C)c1ccccc1OCC(=O)NC(C(=O)O)C(C)O. The maximum atomic E-state index is 11.7. The van der Waals surface area contributed by atoms with Crippen LogP contribution in [-0.2, 0) is 9.59 Å². The van der Waals surface area contributed by atoms with Gasteiger partial charge in [0, 0.05) is 0 Å². The molecule has 0 saturated heterocycles. The molecule has 0 fully saturated rings. The van der Waals surface area contributed by atoms with Gasteiger partial charge in [0.2, 0.25) is 0 Å². The molecule has 0 radical (unpaired) electrons. The van der Waals surface area contributed by atoms with Gasteiger partial charge in [-0.1, -0.05) is 32.0 Å². The maximum Gasteiger partial charge on any atom is 0.328 e. The number of para-hydroxylation sites is 1. The predicted octanol–water partition coefficient (Wildman–Crippen LogP) is 1.14. The molecule has 2 unspecified atom stereocenters. The minimum atomic E-state index is -1.35. The molecule has 0 aromatic heterocycles. The lowest BCUT2D eigenvalue weighted by molar-refractivity contribution is -0.145. The second kappa shape index (κ2) is 7.64. The third-order valence-corrected chi connectivity index (χ3v) is 2.96. The van der Waals surface area contributed by atoms with Gasteiger partial charge in [0.15, 0.2) is 12.6 Å². The fourth-order valence-electron chi connectivity index (χ4n) is 1.84. The Hall–Kier alpha value is -2.08. The Morgan fingerprint density at radius 2 is 1.86 bits per heavy atom. The van der Waals surface area contributed by atoms with Crippen LogP contribution in [0.2, 0.25) is 0 Å². The number of amides is 1. The average Bonchev–Trinajstić information content (AvgIpc) is 2.42. The average molecular weight is 295 g/mol. The molecule has 0 aliphatic rings. The first-order valence-corrected chi connectivity index (χ1v) is 6.75. The summed E-state index contributed by atoms with van der Waals surface area (Å²) >= 11 is 0. The number of carbonyl (C=O) groups is 2. The first kappa shape index (κ1) is 17.0. The van der Waals surface area contributed by atoms with Crippen LogP contribution in [0.4, 0.5) is 0 Å². The monoisotopic (exact) mass is 295 g/mol. The Kier molecular flexibility index (Phi) is 6.17. The number of carboxylic acid groups (broad SMARTS) is 1. The summed E-state index contributed by atoms with van der Waals surface area (Å²) in [7, 11) is 0. The van der Waals surface area contributed by atoms with Crippen molar-refractivity contribution in [1.82, 2.24) is 5.32 Å². The normalized spacial score (nSPS) is 13.6. The molecule has 116 valence electrons. The lowest BCUT2D eigenvalue weighted by Crippen LogP contribution is -2.49. The topological polar surface area (TPSA) is 95.9 Å². The number of hydrogen-bond acceptors (Lipinski definition) is 4. The van der Waals surface area contributed by atoms with Crippen molar-refractivity contribution in [2.45, 2.75) is 38.8 Å². The molecular weight excluding hydrogens is 274 g/mol. The van der Waals surface area contributed by atoms with Crippen molar-refractivity contribution in [2.24, 2.45) is 0 Å². The zero-order valence-electron chi connectivity index (χ0n) is 12.4. The van der Waals surface area contributed by atoms with Crippen molar-refractivity contribution in [3.63, 3.8) is 0 Å². The van der Waals surface area contributed by atoms with E-state index in [1.165, 1.54) is 6.92 Å². The number of ether oxygens (including phenoxy) is 1. The van der Waals surface area contributed by atoms with Gasteiger partial charge in [-0.05, 0) is 24.5 Å². The first-order valence-electron chi connectivity index (χ1n) is 6.75. The Labute approximate surface area is 123 Å². The molecule has 6 heteroatoms. The van der Waals surface area contributed by atoms with Crippen LogP contribution < -0.4 is 10.1 Å². The highest BCUT2D eigenvalue weighted by atomic mass is 16.5. The van der Waals surface area contributed by atoms with Crippen LogP contribution in [0.15, 0.2) is 24.3 Å². The highest BCUT2D eigenvalue weighted by Gasteiger charge is 2.25. The smallest absolute Gasteiger partial charge is 0.328 e. The van der Waals surface area contributed by atoms with E-state index in [-0.39, 0.29) is 12.5 Å². The summed E-state index contributed by atoms with van der Waals surface area (Å²) < 4.78 is 5.43. The van der Waals surface area contributed by atoms with Crippen LogP contribution in [0.5, 0.6) is 5.75 Å². The molecule has 0 aliphatic carbocycles. The van der Waals surface area contributed by atoms with E-state index in [0.29, 0.717) is 5.75 Å². The van der Waals surface area contributed by atoms with Crippen molar-refractivity contribution in [3.8, 4) is 5.75 Å². The molecule has 0 aliphatic heterocycles. The number of benzene rings is 1. The molecular formula is C15H21NO5. The Morgan fingerprint density at radius 1 is 1.24 bits per heavy atom. The van der Waals surface area contributed by atoms with E-state index in [4.69, 9.17) is 9.84 Å². The minimum absolute atomic E-state index is 0.244. The van der Waals surface area contributed by atoms with E-state index >= 15 is 0 Å². The Morgan fingerprint density at radius 3 is 2.38 bits per heavy atom. The van der Waals surface area contributed by atoms with Crippen molar-refractivity contribution in [1.29, 1.82) is 0 Å². The standard InChI is InChI=1S/C15H21NO5/c1-9(2)11-6-4-5-7-12(11)21-8-13(18)16-14(10(3)17)15(19)20/h4-7,9-10,14,17H,8H2,1-3H3,(H,16,18)(H,19,20). The van der Waals surface area contributed by atoms with Gasteiger partial charge < -0.3 is 20.3 Å². The largest absolute Gasteiger partial charge is 0.483 e. The summed E-state index contributed by atoms with van der Waals surface area (Å²) in [6, 6.07) is 6.01. The number of aliphatic hydroxyl groups excluding tert-OH is 1. The van der Waals surface area contributed by atoms with E-state index in [1.807, 2.05) is 26.0 Å². The van der Waals surface area contributed by atoms with Gasteiger partial charge >= 0.3 is 5.97 Å². The molecule has 1 aromatic carbocycles. The molecule has 0 saturated carbocycles. The molecule has 2 atom stereocenters. The highest BCUT2D eigenvalue weighted by Crippen LogP contribution is 2.25. The molecule has 0 bridgehead atoms. The van der Waals surface area contributed by atoms with Crippen LogP contribution >= 0.6 is 0 Å². The maximum absolute atomic E-state index is 11.7.